The summed E-state index contributed by atoms with van der Waals surface area (Å²) >= 11 is 6.14. The van der Waals surface area contributed by atoms with Gasteiger partial charge in [0.25, 0.3) is 5.91 Å². The Kier molecular flexibility index (Phi) is 6.41. The summed E-state index contributed by atoms with van der Waals surface area (Å²) in [6.07, 6.45) is 0.537. The van der Waals surface area contributed by atoms with Crippen molar-refractivity contribution in [1.29, 1.82) is 0 Å². The van der Waals surface area contributed by atoms with Crippen LogP contribution in [-0.4, -0.2) is 43.7 Å². The molecule has 0 radical (unpaired) electrons. The summed E-state index contributed by atoms with van der Waals surface area (Å²) in [7, 11) is -3.84. The number of ether oxygens (including phenoxy) is 1. The van der Waals surface area contributed by atoms with Gasteiger partial charge in [0.2, 0.25) is 15.9 Å². The third-order valence-electron chi connectivity index (χ3n) is 5.69. The lowest BCUT2D eigenvalue weighted by molar-refractivity contribution is -0.126. The zero-order valence-corrected chi connectivity index (χ0v) is 19.1. The molecule has 2 heterocycles. The number of anilines is 1. The first-order valence-electron chi connectivity index (χ1n) is 10.4. The quantitative estimate of drug-likeness (QED) is 0.689. The summed E-state index contributed by atoms with van der Waals surface area (Å²) in [4.78, 5) is 24.6. The van der Waals surface area contributed by atoms with Crippen molar-refractivity contribution < 1.29 is 22.7 Å². The van der Waals surface area contributed by atoms with E-state index in [0.717, 1.165) is 5.56 Å². The Morgan fingerprint density at radius 3 is 2.84 bits per heavy atom. The SMILES string of the molecule is C[C@@H]1Oc2ccc(S(=O)(=O)N3CCC[C@H](C(=O)NCc4ccccc4Cl)C3)cc2NC1=O. The van der Waals surface area contributed by atoms with Crippen molar-refractivity contribution in [2.45, 2.75) is 37.3 Å². The highest BCUT2D eigenvalue weighted by molar-refractivity contribution is 7.89. The zero-order chi connectivity index (χ0) is 22.9. The van der Waals surface area contributed by atoms with E-state index >= 15 is 0 Å². The lowest BCUT2D eigenvalue weighted by atomic mass is 9.99. The van der Waals surface area contributed by atoms with Gasteiger partial charge in [-0.05, 0) is 49.6 Å². The van der Waals surface area contributed by atoms with E-state index in [1.54, 1.807) is 13.0 Å². The lowest BCUT2D eigenvalue weighted by Gasteiger charge is -2.31. The molecule has 0 bridgehead atoms. The Balaban J connectivity index is 1.45. The van der Waals surface area contributed by atoms with Crippen LogP contribution in [0.25, 0.3) is 0 Å². The van der Waals surface area contributed by atoms with Gasteiger partial charge in [-0.15, -0.1) is 0 Å². The molecule has 0 aliphatic carbocycles. The van der Waals surface area contributed by atoms with E-state index in [2.05, 4.69) is 10.6 Å². The maximum atomic E-state index is 13.2. The maximum Gasteiger partial charge on any atom is 0.265 e. The second kappa shape index (κ2) is 9.09. The molecule has 2 aromatic carbocycles. The highest BCUT2D eigenvalue weighted by Crippen LogP contribution is 2.33. The van der Waals surface area contributed by atoms with Crippen LogP contribution < -0.4 is 15.4 Å². The largest absolute Gasteiger partial charge is 0.479 e. The molecule has 2 amide bonds. The molecule has 0 aromatic heterocycles. The Morgan fingerprint density at radius 2 is 2.06 bits per heavy atom. The van der Waals surface area contributed by atoms with Crippen LogP contribution in [0.5, 0.6) is 5.75 Å². The predicted molar refractivity (Wildman–Crippen MR) is 120 cm³/mol. The molecular formula is C22H24ClN3O5S. The van der Waals surface area contributed by atoms with Crippen molar-refractivity contribution in [3.8, 4) is 5.75 Å². The fraction of sp³-hybridized carbons (Fsp3) is 0.364. The molecule has 2 aliphatic rings. The number of rotatable bonds is 5. The molecule has 0 saturated carbocycles. The molecule has 10 heteroatoms. The number of piperidine rings is 1. The molecule has 2 aromatic rings. The highest BCUT2D eigenvalue weighted by Gasteiger charge is 2.34. The minimum Gasteiger partial charge on any atom is -0.479 e. The lowest BCUT2D eigenvalue weighted by Crippen LogP contribution is -2.45. The smallest absolute Gasteiger partial charge is 0.265 e. The maximum absolute atomic E-state index is 13.2. The average molecular weight is 478 g/mol. The van der Waals surface area contributed by atoms with E-state index in [4.69, 9.17) is 16.3 Å². The van der Waals surface area contributed by atoms with Crippen LogP contribution in [0.15, 0.2) is 47.4 Å². The molecule has 2 N–H and O–H groups in total. The number of hydrogen-bond acceptors (Lipinski definition) is 5. The van der Waals surface area contributed by atoms with Crippen molar-refractivity contribution >= 4 is 39.1 Å². The number of benzene rings is 2. The van der Waals surface area contributed by atoms with Crippen LogP contribution in [0.4, 0.5) is 5.69 Å². The molecule has 4 rings (SSSR count). The van der Waals surface area contributed by atoms with Gasteiger partial charge in [-0.2, -0.15) is 4.31 Å². The van der Waals surface area contributed by atoms with E-state index in [9.17, 15) is 18.0 Å². The molecule has 0 spiro atoms. The van der Waals surface area contributed by atoms with Crippen molar-refractivity contribution in [1.82, 2.24) is 9.62 Å². The van der Waals surface area contributed by atoms with Gasteiger partial charge in [-0.25, -0.2) is 8.42 Å². The second-order valence-electron chi connectivity index (χ2n) is 7.92. The van der Waals surface area contributed by atoms with Crippen LogP contribution in [0.2, 0.25) is 5.02 Å². The van der Waals surface area contributed by atoms with Crippen molar-refractivity contribution in [2.75, 3.05) is 18.4 Å². The Labute approximate surface area is 191 Å². The van der Waals surface area contributed by atoms with Gasteiger partial charge >= 0.3 is 0 Å². The average Bonchev–Trinajstić information content (AvgIpc) is 2.79. The van der Waals surface area contributed by atoms with Gasteiger partial charge in [-0.1, -0.05) is 29.8 Å². The molecule has 2 atom stereocenters. The van der Waals surface area contributed by atoms with Crippen LogP contribution >= 0.6 is 11.6 Å². The second-order valence-corrected chi connectivity index (χ2v) is 10.3. The fourth-order valence-corrected chi connectivity index (χ4v) is 5.59. The summed E-state index contributed by atoms with van der Waals surface area (Å²) in [5.41, 5.74) is 1.12. The standard InChI is InChI=1S/C22H24ClN3O5S/c1-14-21(27)25-19-11-17(8-9-20(19)31-14)32(29,30)26-10-4-6-16(13-26)22(28)24-12-15-5-2-3-7-18(15)23/h2-3,5,7-9,11,14,16H,4,6,10,12-13H2,1H3,(H,24,28)(H,25,27)/t14-,16-/m0/s1. The van der Waals surface area contributed by atoms with E-state index in [-0.39, 0.29) is 29.8 Å². The monoisotopic (exact) mass is 477 g/mol. The third-order valence-corrected chi connectivity index (χ3v) is 7.92. The number of nitrogens with one attached hydrogen (secondary N) is 2. The van der Waals surface area contributed by atoms with Gasteiger partial charge < -0.3 is 15.4 Å². The van der Waals surface area contributed by atoms with E-state index in [0.29, 0.717) is 35.8 Å². The first-order chi connectivity index (χ1) is 15.3. The number of halogens is 1. The van der Waals surface area contributed by atoms with Crippen molar-refractivity contribution in [3.63, 3.8) is 0 Å². The van der Waals surface area contributed by atoms with E-state index in [1.807, 2.05) is 18.2 Å². The molecule has 8 nitrogen and oxygen atoms in total. The number of sulfonamides is 1. The summed E-state index contributed by atoms with van der Waals surface area (Å²) in [6, 6.07) is 11.6. The Bertz CT molecular complexity index is 1150. The molecule has 1 saturated heterocycles. The molecule has 32 heavy (non-hydrogen) atoms. The number of nitrogens with zero attached hydrogens (tertiary/aromatic N) is 1. The summed E-state index contributed by atoms with van der Waals surface area (Å²) < 4.78 is 33.3. The van der Waals surface area contributed by atoms with Crippen LogP contribution in [0.1, 0.15) is 25.3 Å². The van der Waals surface area contributed by atoms with Gasteiger partial charge in [0.05, 0.1) is 16.5 Å². The summed E-state index contributed by atoms with van der Waals surface area (Å²) in [5, 5.41) is 6.10. The molecular weight excluding hydrogens is 454 g/mol. The minimum absolute atomic E-state index is 0.0480. The summed E-state index contributed by atoms with van der Waals surface area (Å²) in [5.74, 6) is -0.570. The van der Waals surface area contributed by atoms with Gasteiger partial charge in [0.15, 0.2) is 6.10 Å². The third kappa shape index (κ3) is 4.60. The van der Waals surface area contributed by atoms with E-state index < -0.39 is 22.0 Å². The van der Waals surface area contributed by atoms with Crippen LogP contribution in [0.3, 0.4) is 0 Å². The fourth-order valence-electron chi connectivity index (χ4n) is 3.84. The minimum atomic E-state index is -3.84. The highest BCUT2D eigenvalue weighted by atomic mass is 35.5. The number of hydrogen-bond donors (Lipinski definition) is 2. The zero-order valence-electron chi connectivity index (χ0n) is 17.5. The van der Waals surface area contributed by atoms with Crippen molar-refractivity contribution in [3.05, 3.63) is 53.1 Å². The Hall–Kier alpha value is -2.62. The summed E-state index contributed by atoms with van der Waals surface area (Å²) in [6.45, 7) is 2.32. The van der Waals surface area contributed by atoms with Crippen molar-refractivity contribution in [2.24, 2.45) is 5.92 Å². The van der Waals surface area contributed by atoms with Gasteiger partial charge in [-0.3, -0.25) is 9.59 Å². The van der Waals surface area contributed by atoms with Crippen LogP contribution in [-0.2, 0) is 26.2 Å². The van der Waals surface area contributed by atoms with Gasteiger partial charge in [0.1, 0.15) is 5.75 Å². The van der Waals surface area contributed by atoms with E-state index in [1.165, 1.54) is 22.5 Å². The number of carbonyl (C=O) groups excluding carboxylic acids is 2. The number of amides is 2. The molecule has 2 aliphatic heterocycles. The topological polar surface area (TPSA) is 105 Å². The first-order valence-corrected chi connectivity index (χ1v) is 12.2. The van der Waals surface area contributed by atoms with Crippen LogP contribution in [0, 0.1) is 5.92 Å². The first kappa shape index (κ1) is 22.6. The number of fused-ring (bicyclic) bond motifs is 1. The normalized spacial score (nSPS) is 21.2. The number of carbonyl (C=O) groups is 2. The molecule has 170 valence electrons. The Morgan fingerprint density at radius 1 is 1.28 bits per heavy atom. The van der Waals surface area contributed by atoms with Gasteiger partial charge in [0, 0.05) is 24.7 Å². The predicted octanol–water partition coefficient (Wildman–Crippen LogP) is 2.78. The molecule has 0 unspecified atom stereocenters. The molecule has 1 fully saturated rings.